The summed E-state index contributed by atoms with van der Waals surface area (Å²) in [6, 6.07) is 6.96. The van der Waals surface area contributed by atoms with Crippen LogP contribution in [0.5, 0.6) is 5.75 Å². The first-order valence-corrected chi connectivity index (χ1v) is 8.44. The van der Waals surface area contributed by atoms with Crippen molar-refractivity contribution in [3.8, 4) is 5.75 Å². The number of phosphoric ester groups is 1. The van der Waals surface area contributed by atoms with Crippen molar-refractivity contribution >= 4 is 19.9 Å². The molecule has 0 atom stereocenters. The van der Waals surface area contributed by atoms with Gasteiger partial charge in [0.1, 0.15) is 5.75 Å². The molecule has 0 N–H and O–H groups in total. The average molecular weight is 328 g/mol. The molecule has 0 aliphatic carbocycles. The Morgan fingerprint density at radius 1 is 1.09 bits per heavy atom. The van der Waals surface area contributed by atoms with Crippen molar-refractivity contribution in [1.82, 2.24) is 0 Å². The molecule has 0 aliphatic rings. The molecule has 0 heterocycles. The van der Waals surface area contributed by atoms with E-state index < -0.39 is 7.82 Å². The van der Waals surface area contributed by atoms with Crippen molar-refractivity contribution in [3.63, 3.8) is 0 Å². The highest BCUT2D eigenvalue weighted by molar-refractivity contribution is 7.48. The van der Waals surface area contributed by atoms with E-state index in [1.165, 1.54) is 6.92 Å². The van der Waals surface area contributed by atoms with Crippen molar-refractivity contribution in [3.05, 3.63) is 35.9 Å². The van der Waals surface area contributed by atoms with Gasteiger partial charge in [0.25, 0.3) is 0 Å². The lowest BCUT2D eigenvalue weighted by Gasteiger charge is -2.15. The molecule has 0 spiro atoms. The molecule has 1 aromatic carbocycles. The first kappa shape index (κ1) is 18.6. The van der Waals surface area contributed by atoms with Gasteiger partial charge < -0.3 is 4.74 Å². The average Bonchev–Trinajstić information content (AvgIpc) is 2.45. The molecule has 6 nitrogen and oxygen atoms in total. The summed E-state index contributed by atoms with van der Waals surface area (Å²) in [6.07, 6.45) is 3.49. The van der Waals surface area contributed by atoms with E-state index in [0.717, 1.165) is 5.56 Å². The van der Waals surface area contributed by atoms with Crippen molar-refractivity contribution in [2.45, 2.75) is 20.8 Å². The number of rotatable bonds is 9. The Labute approximate surface area is 130 Å². The summed E-state index contributed by atoms with van der Waals surface area (Å²) < 4.78 is 32.1. The van der Waals surface area contributed by atoms with Gasteiger partial charge in [-0.25, -0.2) is 4.57 Å². The lowest BCUT2D eigenvalue weighted by atomic mass is 10.2. The second kappa shape index (κ2) is 9.54. The predicted molar refractivity (Wildman–Crippen MR) is 83.6 cm³/mol. The minimum Gasteiger partial charge on any atom is -0.427 e. The van der Waals surface area contributed by atoms with Gasteiger partial charge in [-0.3, -0.25) is 18.4 Å². The van der Waals surface area contributed by atoms with Gasteiger partial charge in [-0.05, 0) is 31.5 Å². The molecule has 1 rings (SSSR count). The Hall–Kier alpha value is -1.46. The van der Waals surface area contributed by atoms with Gasteiger partial charge in [0.05, 0.1) is 19.8 Å². The van der Waals surface area contributed by atoms with Crippen LogP contribution in [-0.2, 0) is 22.9 Å². The third-order valence-electron chi connectivity index (χ3n) is 2.36. The minimum atomic E-state index is -3.47. The molecular formula is C15H21O6P. The number of hydrogen-bond donors (Lipinski definition) is 0. The number of hydrogen-bond acceptors (Lipinski definition) is 6. The highest BCUT2D eigenvalue weighted by Gasteiger charge is 2.24. The van der Waals surface area contributed by atoms with Gasteiger partial charge in [-0.2, -0.15) is 0 Å². The molecule has 1 aromatic rings. The molecule has 0 fully saturated rings. The van der Waals surface area contributed by atoms with Crippen LogP contribution in [0, 0.1) is 0 Å². The van der Waals surface area contributed by atoms with Gasteiger partial charge in [0.15, 0.2) is 0 Å². The SMILES string of the molecule is CCOP(=O)(OCC)OC/C=C/c1ccc(OC(C)=O)cc1. The Morgan fingerprint density at radius 2 is 1.68 bits per heavy atom. The summed E-state index contributed by atoms with van der Waals surface area (Å²) in [5.74, 6) is 0.123. The number of carbonyl (C=O) groups is 1. The summed E-state index contributed by atoms with van der Waals surface area (Å²) in [5, 5.41) is 0. The normalized spacial score (nSPS) is 11.8. The largest absolute Gasteiger partial charge is 0.475 e. The monoisotopic (exact) mass is 328 g/mol. The predicted octanol–water partition coefficient (Wildman–Crippen LogP) is 3.82. The van der Waals surface area contributed by atoms with E-state index in [1.54, 1.807) is 50.3 Å². The maximum Gasteiger partial charge on any atom is 0.475 e. The summed E-state index contributed by atoms with van der Waals surface area (Å²) in [5.41, 5.74) is 0.891. The quantitative estimate of drug-likeness (QED) is 0.390. The maximum absolute atomic E-state index is 12.0. The van der Waals surface area contributed by atoms with Crippen LogP contribution in [0.3, 0.4) is 0 Å². The van der Waals surface area contributed by atoms with Gasteiger partial charge >= 0.3 is 13.8 Å². The highest BCUT2D eigenvalue weighted by Crippen LogP contribution is 2.49. The first-order chi connectivity index (χ1) is 10.5. The van der Waals surface area contributed by atoms with Crippen molar-refractivity contribution in [1.29, 1.82) is 0 Å². The lowest BCUT2D eigenvalue weighted by Crippen LogP contribution is -2.00. The molecule has 7 heteroatoms. The summed E-state index contributed by atoms with van der Waals surface area (Å²) >= 11 is 0. The lowest BCUT2D eigenvalue weighted by molar-refractivity contribution is -0.131. The zero-order chi connectivity index (χ0) is 16.4. The van der Waals surface area contributed by atoms with E-state index in [0.29, 0.717) is 5.75 Å². The Kier molecular flexibility index (Phi) is 8.06. The molecule has 122 valence electrons. The van der Waals surface area contributed by atoms with E-state index >= 15 is 0 Å². The molecule has 0 saturated carbocycles. The molecular weight excluding hydrogens is 307 g/mol. The summed E-state index contributed by atoms with van der Waals surface area (Å²) in [4.78, 5) is 10.8. The van der Waals surface area contributed by atoms with Crippen LogP contribution in [0.2, 0.25) is 0 Å². The van der Waals surface area contributed by atoms with Gasteiger partial charge in [-0.15, -0.1) is 0 Å². The molecule has 22 heavy (non-hydrogen) atoms. The Morgan fingerprint density at radius 3 is 2.18 bits per heavy atom. The van der Waals surface area contributed by atoms with E-state index in [2.05, 4.69) is 0 Å². The van der Waals surface area contributed by atoms with Crippen LogP contribution >= 0.6 is 7.82 Å². The van der Waals surface area contributed by atoms with Gasteiger partial charge in [0, 0.05) is 6.92 Å². The van der Waals surface area contributed by atoms with Crippen LogP contribution in [0.4, 0.5) is 0 Å². The molecule has 0 amide bonds. The van der Waals surface area contributed by atoms with Crippen molar-refractivity contribution in [2.75, 3.05) is 19.8 Å². The molecule has 0 radical (unpaired) electrons. The van der Waals surface area contributed by atoms with Crippen molar-refractivity contribution in [2.24, 2.45) is 0 Å². The zero-order valence-electron chi connectivity index (χ0n) is 13.0. The van der Waals surface area contributed by atoms with Crippen LogP contribution in [0.1, 0.15) is 26.3 Å². The fraction of sp³-hybridized carbons (Fsp3) is 0.400. The third-order valence-corrected chi connectivity index (χ3v) is 3.97. The highest BCUT2D eigenvalue weighted by atomic mass is 31.2. The van der Waals surface area contributed by atoms with Crippen LogP contribution < -0.4 is 4.74 Å². The second-order valence-corrected chi connectivity index (χ2v) is 5.81. The molecule has 0 saturated heterocycles. The Bertz CT molecular complexity index is 527. The summed E-state index contributed by atoms with van der Waals surface area (Å²) in [6.45, 7) is 5.38. The third kappa shape index (κ3) is 7.00. The number of carbonyl (C=O) groups excluding carboxylic acids is 1. The topological polar surface area (TPSA) is 71.1 Å². The maximum atomic E-state index is 12.0. The standard InChI is InChI=1S/C15H21O6P/c1-4-18-22(17,19-5-2)20-12-6-7-14-8-10-15(11-9-14)21-13(3)16/h6-11H,4-5,12H2,1-3H3/b7-6+. The fourth-order valence-electron chi connectivity index (χ4n) is 1.56. The van der Waals surface area contributed by atoms with Crippen LogP contribution in [0.15, 0.2) is 30.3 Å². The Balaban J connectivity index is 2.51. The number of esters is 1. The zero-order valence-corrected chi connectivity index (χ0v) is 13.9. The van der Waals surface area contributed by atoms with Crippen LogP contribution in [-0.4, -0.2) is 25.8 Å². The van der Waals surface area contributed by atoms with Gasteiger partial charge in [0.2, 0.25) is 0 Å². The molecule has 0 aromatic heterocycles. The van der Waals surface area contributed by atoms with E-state index in [-0.39, 0.29) is 25.8 Å². The number of ether oxygens (including phenoxy) is 1. The van der Waals surface area contributed by atoms with Crippen LogP contribution in [0.25, 0.3) is 6.08 Å². The van der Waals surface area contributed by atoms with Gasteiger partial charge in [-0.1, -0.05) is 24.3 Å². The molecule has 0 unspecified atom stereocenters. The molecule has 0 bridgehead atoms. The molecule has 0 aliphatic heterocycles. The summed E-state index contributed by atoms with van der Waals surface area (Å²) in [7, 11) is -3.47. The number of phosphoric acid groups is 1. The minimum absolute atomic E-state index is 0.100. The van der Waals surface area contributed by atoms with E-state index in [1.807, 2.05) is 0 Å². The van der Waals surface area contributed by atoms with E-state index in [4.69, 9.17) is 18.3 Å². The first-order valence-electron chi connectivity index (χ1n) is 6.97. The smallest absolute Gasteiger partial charge is 0.427 e. The van der Waals surface area contributed by atoms with Crippen molar-refractivity contribution < 1.29 is 27.7 Å². The fourth-order valence-corrected chi connectivity index (χ4v) is 2.68. The van der Waals surface area contributed by atoms with E-state index in [9.17, 15) is 9.36 Å². The number of benzene rings is 1. The second-order valence-electron chi connectivity index (χ2n) is 4.14.